The first-order valence-electron chi connectivity index (χ1n) is 7.95. The van der Waals surface area contributed by atoms with E-state index in [2.05, 4.69) is 5.32 Å². The van der Waals surface area contributed by atoms with Crippen LogP contribution in [0, 0.1) is 27.4 Å². The van der Waals surface area contributed by atoms with Gasteiger partial charge in [-0.25, -0.2) is 4.79 Å². The first kappa shape index (κ1) is 20.8. The van der Waals surface area contributed by atoms with Crippen LogP contribution in [0.3, 0.4) is 0 Å². The van der Waals surface area contributed by atoms with Crippen LogP contribution in [0.25, 0.3) is 6.08 Å². The van der Waals surface area contributed by atoms with Crippen molar-refractivity contribution in [3.8, 4) is 6.07 Å². The predicted octanol–water partition coefficient (Wildman–Crippen LogP) is 2.59. The minimum Gasteiger partial charge on any atom is -0.449 e. The van der Waals surface area contributed by atoms with Crippen LogP contribution in [-0.4, -0.2) is 28.4 Å². The summed E-state index contributed by atoms with van der Waals surface area (Å²) in [5, 5.41) is 22.4. The van der Waals surface area contributed by atoms with Gasteiger partial charge >= 0.3 is 5.97 Å². The zero-order chi connectivity index (χ0) is 19.9. The van der Waals surface area contributed by atoms with Gasteiger partial charge in [0.1, 0.15) is 5.54 Å². The summed E-state index contributed by atoms with van der Waals surface area (Å²) in [5.41, 5.74) is -0.547. The van der Waals surface area contributed by atoms with E-state index >= 15 is 0 Å². The van der Waals surface area contributed by atoms with Gasteiger partial charge in [-0.1, -0.05) is 13.8 Å². The molecule has 0 spiro atoms. The number of esters is 1. The molecule has 1 aromatic rings. The molecule has 0 saturated carbocycles. The van der Waals surface area contributed by atoms with Crippen molar-refractivity contribution in [3.05, 3.63) is 46.0 Å². The molecule has 0 aliphatic carbocycles. The molecule has 2 atom stereocenters. The third-order valence-electron chi connectivity index (χ3n) is 3.95. The standard InChI is InChI=1S/C18H21N3O5/c1-12(2)18(4,11-19)20-17(23)13(3)26-16(22)10-7-14-5-8-15(9-6-14)21(24)25/h5-10,12-13H,1-4H3,(H,20,23)/b10-7+/t13-,18+/m1/s1. The van der Waals surface area contributed by atoms with Crippen molar-refractivity contribution in [2.45, 2.75) is 39.3 Å². The van der Waals surface area contributed by atoms with E-state index in [1.165, 1.54) is 37.3 Å². The van der Waals surface area contributed by atoms with Crippen LogP contribution < -0.4 is 5.32 Å². The predicted molar refractivity (Wildman–Crippen MR) is 94.7 cm³/mol. The number of nitriles is 1. The highest BCUT2D eigenvalue weighted by molar-refractivity contribution is 5.90. The normalized spacial score (nSPS) is 14.3. The van der Waals surface area contributed by atoms with E-state index in [1.807, 2.05) is 6.07 Å². The number of carbonyl (C=O) groups is 2. The van der Waals surface area contributed by atoms with Crippen molar-refractivity contribution in [1.29, 1.82) is 5.26 Å². The Kier molecular flexibility index (Phi) is 7.02. The van der Waals surface area contributed by atoms with Crippen LogP contribution in [0.1, 0.15) is 33.3 Å². The lowest BCUT2D eigenvalue weighted by molar-refractivity contribution is -0.384. The van der Waals surface area contributed by atoms with Gasteiger partial charge in [0, 0.05) is 18.2 Å². The SMILES string of the molecule is CC(C)[C@](C)(C#N)NC(=O)[C@@H](C)OC(=O)/C=C/c1ccc([N+](=O)[O-])cc1. The van der Waals surface area contributed by atoms with Gasteiger partial charge in [-0.2, -0.15) is 5.26 Å². The van der Waals surface area contributed by atoms with Crippen molar-refractivity contribution < 1.29 is 19.2 Å². The number of amides is 1. The lowest BCUT2D eigenvalue weighted by Gasteiger charge is -2.28. The number of rotatable bonds is 7. The third kappa shape index (κ3) is 5.70. The fourth-order valence-electron chi connectivity index (χ4n) is 1.80. The molecule has 0 saturated heterocycles. The first-order valence-corrected chi connectivity index (χ1v) is 7.95. The van der Waals surface area contributed by atoms with Gasteiger partial charge in [0.05, 0.1) is 11.0 Å². The van der Waals surface area contributed by atoms with Crippen LogP contribution in [0.5, 0.6) is 0 Å². The lowest BCUT2D eigenvalue weighted by Crippen LogP contribution is -2.52. The van der Waals surface area contributed by atoms with Gasteiger partial charge in [0.15, 0.2) is 6.10 Å². The number of nitro benzene ring substituents is 1. The van der Waals surface area contributed by atoms with Crippen molar-refractivity contribution in [2.24, 2.45) is 5.92 Å². The van der Waals surface area contributed by atoms with Gasteiger partial charge in [-0.3, -0.25) is 14.9 Å². The Bertz CT molecular complexity index is 749. The maximum atomic E-state index is 12.1. The summed E-state index contributed by atoms with van der Waals surface area (Å²) in [6, 6.07) is 7.64. The fraction of sp³-hybridized carbons (Fsp3) is 0.389. The van der Waals surface area contributed by atoms with Gasteiger partial charge in [-0.05, 0) is 43.5 Å². The summed E-state index contributed by atoms with van der Waals surface area (Å²) in [6.45, 7) is 6.60. The first-order chi connectivity index (χ1) is 12.1. The lowest BCUT2D eigenvalue weighted by atomic mass is 9.90. The number of hydrogen-bond acceptors (Lipinski definition) is 6. The van der Waals surface area contributed by atoms with E-state index in [4.69, 9.17) is 4.74 Å². The minimum atomic E-state index is -1.07. The molecule has 0 fully saturated rings. The van der Waals surface area contributed by atoms with E-state index in [1.54, 1.807) is 20.8 Å². The van der Waals surface area contributed by atoms with Gasteiger partial charge in [-0.15, -0.1) is 0 Å². The van der Waals surface area contributed by atoms with Crippen LogP contribution in [0.2, 0.25) is 0 Å². The topological polar surface area (TPSA) is 122 Å². The summed E-state index contributed by atoms with van der Waals surface area (Å²) in [7, 11) is 0. The molecule has 0 radical (unpaired) electrons. The number of non-ortho nitro benzene ring substituents is 1. The molecule has 138 valence electrons. The fourth-order valence-corrected chi connectivity index (χ4v) is 1.80. The van der Waals surface area contributed by atoms with Crippen LogP contribution >= 0.6 is 0 Å². The summed E-state index contributed by atoms with van der Waals surface area (Å²) < 4.78 is 5.01. The van der Waals surface area contributed by atoms with Crippen molar-refractivity contribution in [2.75, 3.05) is 0 Å². The molecule has 1 aromatic carbocycles. The number of ether oxygens (including phenoxy) is 1. The Balaban J connectivity index is 2.65. The average molecular weight is 359 g/mol. The number of nitrogens with one attached hydrogen (secondary N) is 1. The number of hydrogen-bond donors (Lipinski definition) is 1. The molecule has 0 aliphatic heterocycles. The molecular formula is C18H21N3O5. The molecule has 0 aromatic heterocycles. The largest absolute Gasteiger partial charge is 0.449 e. The zero-order valence-corrected chi connectivity index (χ0v) is 15.1. The Morgan fingerprint density at radius 1 is 1.31 bits per heavy atom. The molecule has 8 nitrogen and oxygen atoms in total. The summed E-state index contributed by atoms with van der Waals surface area (Å²) >= 11 is 0. The Morgan fingerprint density at radius 2 is 1.88 bits per heavy atom. The Labute approximate surface area is 151 Å². The molecular weight excluding hydrogens is 338 g/mol. The summed E-state index contributed by atoms with van der Waals surface area (Å²) in [5.74, 6) is -1.43. The average Bonchev–Trinajstić information content (AvgIpc) is 2.59. The Hall–Kier alpha value is -3.21. The second kappa shape index (κ2) is 8.76. The monoisotopic (exact) mass is 359 g/mol. The molecule has 1 N–H and O–H groups in total. The number of nitrogens with zero attached hydrogens (tertiary/aromatic N) is 2. The smallest absolute Gasteiger partial charge is 0.331 e. The second-order valence-corrected chi connectivity index (χ2v) is 6.22. The maximum absolute atomic E-state index is 12.1. The van der Waals surface area contributed by atoms with Crippen LogP contribution in [0.15, 0.2) is 30.3 Å². The molecule has 0 bridgehead atoms. The number of carbonyl (C=O) groups excluding carboxylic acids is 2. The summed E-state index contributed by atoms with van der Waals surface area (Å²) in [6.07, 6.45) is 1.47. The second-order valence-electron chi connectivity index (χ2n) is 6.22. The maximum Gasteiger partial charge on any atom is 0.331 e. The zero-order valence-electron chi connectivity index (χ0n) is 15.1. The Morgan fingerprint density at radius 3 is 2.35 bits per heavy atom. The van der Waals surface area contributed by atoms with E-state index in [9.17, 15) is 25.0 Å². The van der Waals surface area contributed by atoms with Gasteiger partial charge < -0.3 is 10.1 Å². The molecule has 0 heterocycles. The molecule has 1 amide bonds. The highest BCUT2D eigenvalue weighted by Gasteiger charge is 2.32. The molecule has 26 heavy (non-hydrogen) atoms. The van der Waals surface area contributed by atoms with E-state index in [0.717, 1.165) is 6.08 Å². The summed E-state index contributed by atoms with van der Waals surface area (Å²) in [4.78, 5) is 34.0. The van der Waals surface area contributed by atoms with E-state index in [0.29, 0.717) is 5.56 Å². The van der Waals surface area contributed by atoms with Crippen LogP contribution in [0.4, 0.5) is 5.69 Å². The minimum absolute atomic E-state index is 0.0549. The molecule has 0 unspecified atom stereocenters. The van der Waals surface area contributed by atoms with Crippen molar-refractivity contribution in [1.82, 2.24) is 5.32 Å². The highest BCUT2D eigenvalue weighted by Crippen LogP contribution is 2.16. The molecule has 1 rings (SSSR count). The van der Waals surface area contributed by atoms with Gasteiger partial charge in [0.25, 0.3) is 11.6 Å². The van der Waals surface area contributed by atoms with E-state index < -0.39 is 28.4 Å². The number of benzene rings is 1. The number of nitro groups is 1. The van der Waals surface area contributed by atoms with Gasteiger partial charge in [0.2, 0.25) is 0 Å². The molecule has 0 aliphatic rings. The van der Waals surface area contributed by atoms with Crippen molar-refractivity contribution in [3.63, 3.8) is 0 Å². The van der Waals surface area contributed by atoms with E-state index in [-0.39, 0.29) is 11.6 Å². The van der Waals surface area contributed by atoms with Crippen LogP contribution in [-0.2, 0) is 14.3 Å². The quantitative estimate of drug-likeness (QED) is 0.345. The van der Waals surface area contributed by atoms with Crippen molar-refractivity contribution >= 4 is 23.6 Å². The third-order valence-corrected chi connectivity index (χ3v) is 3.95. The highest BCUT2D eigenvalue weighted by atomic mass is 16.6. The molecule has 8 heteroatoms.